The van der Waals surface area contributed by atoms with Gasteiger partial charge in [0.1, 0.15) is 5.75 Å². The molecule has 1 aliphatic rings. The molecule has 0 unspecified atom stereocenters. The highest BCUT2D eigenvalue weighted by Crippen LogP contribution is 2.36. The number of methoxy groups -OCH3 is 1. The molecule has 0 heterocycles. The van der Waals surface area contributed by atoms with Gasteiger partial charge in [-0.25, -0.2) is 0 Å². The molecule has 2 aromatic rings. The minimum atomic E-state index is 0.0833. The van der Waals surface area contributed by atoms with Crippen molar-refractivity contribution in [2.75, 3.05) is 18.2 Å². The number of nitrogens with one attached hydrogen (secondary N) is 1. The number of hydrogen-bond acceptors (Lipinski definition) is 3. The summed E-state index contributed by atoms with van der Waals surface area (Å²) in [5.41, 5.74) is 9.79. The topological polar surface area (TPSA) is 64.3 Å². The largest absolute Gasteiger partial charge is 0.496 e. The number of aryl methyl sites for hydroxylation is 1. The van der Waals surface area contributed by atoms with Crippen LogP contribution in [-0.2, 0) is 11.2 Å². The third-order valence-corrected chi connectivity index (χ3v) is 6.98. The Labute approximate surface area is 185 Å². The predicted molar refractivity (Wildman–Crippen MR) is 125 cm³/mol. The Hall–Kier alpha value is -2.20. The molecular weight excluding hydrogens is 396 g/mol. The van der Waals surface area contributed by atoms with Crippen molar-refractivity contribution in [1.82, 2.24) is 0 Å². The van der Waals surface area contributed by atoms with Gasteiger partial charge in [-0.2, -0.15) is 0 Å². The van der Waals surface area contributed by atoms with Crippen LogP contribution in [0.3, 0.4) is 0 Å². The van der Waals surface area contributed by atoms with Gasteiger partial charge in [-0.15, -0.1) is 0 Å². The third-order valence-electron chi connectivity index (χ3n) is 6.63. The summed E-state index contributed by atoms with van der Waals surface area (Å²) in [6.07, 6.45) is 6.04. The van der Waals surface area contributed by atoms with Gasteiger partial charge < -0.3 is 15.8 Å². The number of carbonyl (C=O) groups excluding carboxylic acids is 1. The van der Waals surface area contributed by atoms with Crippen LogP contribution >= 0.6 is 11.6 Å². The van der Waals surface area contributed by atoms with E-state index in [9.17, 15) is 4.79 Å². The standard InChI is InChI=1S/C25H33ClN2O2/c1-16(8-14-21-22(26)5-4-6-23(21)27)18-9-11-19(12-10-18)25(29)28-20-13-7-17(2)24(15-20)30-3/h4-7,13,15-16,18-19H,8-12,14,27H2,1-3H3,(H,28,29)/t16-,18?,19?/m0/s1. The molecule has 5 heteroatoms. The summed E-state index contributed by atoms with van der Waals surface area (Å²) in [5.74, 6) is 2.24. The first kappa shape index (κ1) is 22.5. The Morgan fingerprint density at radius 2 is 1.97 bits per heavy atom. The highest BCUT2D eigenvalue weighted by molar-refractivity contribution is 6.31. The lowest BCUT2D eigenvalue weighted by molar-refractivity contribution is -0.121. The number of ether oxygens (including phenoxy) is 1. The smallest absolute Gasteiger partial charge is 0.227 e. The molecule has 3 N–H and O–H groups in total. The van der Waals surface area contributed by atoms with E-state index in [-0.39, 0.29) is 11.8 Å². The van der Waals surface area contributed by atoms with Crippen molar-refractivity contribution in [2.24, 2.45) is 17.8 Å². The maximum absolute atomic E-state index is 12.7. The molecule has 1 aliphatic carbocycles. The molecule has 4 nitrogen and oxygen atoms in total. The number of amides is 1. The normalized spacial score (nSPS) is 19.9. The molecule has 1 saturated carbocycles. The molecule has 1 atom stereocenters. The van der Waals surface area contributed by atoms with Gasteiger partial charge >= 0.3 is 0 Å². The van der Waals surface area contributed by atoms with Crippen LogP contribution in [0.4, 0.5) is 11.4 Å². The molecular formula is C25H33ClN2O2. The van der Waals surface area contributed by atoms with Gasteiger partial charge in [0.05, 0.1) is 7.11 Å². The quantitative estimate of drug-likeness (QED) is 0.512. The lowest BCUT2D eigenvalue weighted by atomic mass is 9.74. The highest BCUT2D eigenvalue weighted by Gasteiger charge is 2.29. The maximum Gasteiger partial charge on any atom is 0.227 e. The zero-order chi connectivity index (χ0) is 21.7. The summed E-state index contributed by atoms with van der Waals surface area (Å²) in [7, 11) is 1.65. The van der Waals surface area contributed by atoms with Crippen LogP contribution in [0.5, 0.6) is 5.75 Å². The first-order chi connectivity index (χ1) is 14.4. The van der Waals surface area contributed by atoms with E-state index in [1.165, 1.54) is 0 Å². The zero-order valence-corrected chi connectivity index (χ0v) is 19.0. The predicted octanol–water partition coefficient (Wildman–Crippen LogP) is 6.25. The average Bonchev–Trinajstić information content (AvgIpc) is 2.74. The molecule has 0 spiro atoms. The first-order valence-electron chi connectivity index (χ1n) is 10.9. The van der Waals surface area contributed by atoms with Crippen molar-refractivity contribution >= 4 is 28.9 Å². The van der Waals surface area contributed by atoms with Crippen LogP contribution in [0.25, 0.3) is 0 Å². The summed E-state index contributed by atoms with van der Waals surface area (Å²) in [6, 6.07) is 11.5. The SMILES string of the molecule is COc1cc(NC(=O)C2CCC([C@@H](C)CCc3c(N)cccc3Cl)CC2)ccc1C. The van der Waals surface area contributed by atoms with Crippen LogP contribution in [0.2, 0.25) is 5.02 Å². The lowest BCUT2D eigenvalue weighted by Crippen LogP contribution is -2.29. The average molecular weight is 429 g/mol. The molecule has 3 rings (SSSR count). The minimum Gasteiger partial charge on any atom is -0.496 e. The van der Waals surface area contributed by atoms with E-state index >= 15 is 0 Å². The third kappa shape index (κ3) is 5.48. The fourth-order valence-electron chi connectivity index (χ4n) is 4.54. The number of rotatable bonds is 7. The van der Waals surface area contributed by atoms with Crippen LogP contribution in [-0.4, -0.2) is 13.0 Å². The summed E-state index contributed by atoms with van der Waals surface area (Å²) >= 11 is 6.31. The molecule has 0 saturated heterocycles. The number of benzene rings is 2. The van der Waals surface area contributed by atoms with E-state index < -0.39 is 0 Å². The fourth-order valence-corrected chi connectivity index (χ4v) is 4.82. The van der Waals surface area contributed by atoms with Crippen molar-refractivity contribution in [3.63, 3.8) is 0 Å². The second-order valence-corrected chi connectivity index (χ2v) is 9.02. The van der Waals surface area contributed by atoms with Crippen molar-refractivity contribution in [2.45, 2.75) is 52.4 Å². The van der Waals surface area contributed by atoms with Crippen molar-refractivity contribution in [1.29, 1.82) is 0 Å². The molecule has 0 radical (unpaired) electrons. The van der Waals surface area contributed by atoms with Crippen molar-refractivity contribution < 1.29 is 9.53 Å². The number of hydrogen-bond donors (Lipinski definition) is 2. The Morgan fingerprint density at radius 3 is 2.63 bits per heavy atom. The van der Waals surface area contributed by atoms with Gasteiger partial charge in [-0.3, -0.25) is 4.79 Å². The van der Waals surface area contributed by atoms with Crippen LogP contribution in [0.15, 0.2) is 36.4 Å². The Bertz CT molecular complexity index is 855. The molecule has 0 aliphatic heterocycles. The number of halogens is 1. The number of nitrogen functional groups attached to an aromatic ring is 1. The van der Waals surface area contributed by atoms with Gasteiger partial charge in [0.15, 0.2) is 0 Å². The van der Waals surface area contributed by atoms with Gasteiger partial charge in [0, 0.05) is 28.4 Å². The van der Waals surface area contributed by atoms with E-state index in [0.29, 0.717) is 11.8 Å². The molecule has 0 bridgehead atoms. The maximum atomic E-state index is 12.7. The van der Waals surface area contributed by atoms with E-state index in [2.05, 4.69) is 12.2 Å². The second-order valence-electron chi connectivity index (χ2n) is 8.61. The molecule has 1 amide bonds. The van der Waals surface area contributed by atoms with E-state index in [1.807, 2.05) is 43.3 Å². The summed E-state index contributed by atoms with van der Waals surface area (Å²) in [4.78, 5) is 12.7. The van der Waals surface area contributed by atoms with E-state index in [0.717, 1.165) is 71.8 Å². The van der Waals surface area contributed by atoms with Gasteiger partial charge in [-0.1, -0.05) is 30.7 Å². The Morgan fingerprint density at radius 1 is 1.23 bits per heavy atom. The highest BCUT2D eigenvalue weighted by atomic mass is 35.5. The molecule has 0 aromatic heterocycles. The van der Waals surface area contributed by atoms with Crippen LogP contribution in [0, 0.1) is 24.7 Å². The Kier molecular flexibility index (Phi) is 7.65. The summed E-state index contributed by atoms with van der Waals surface area (Å²) in [5, 5.41) is 3.83. The van der Waals surface area contributed by atoms with Gasteiger partial charge in [0.2, 0.25) is 5.91 Å². The minimum absolute atomic E-state index is 0.0833. The number of carbonyl (C=O) groups is 1. The monoisotopic (exact) mass is 428 g/mol. The van der Waals surface area contributed by atoms with Gasteiger partial charge in [0.25, 0.3) is 0 Å². The number of nitrogens with two attached hydrogens (primary N) is 1. The van der Waals surface area contributed by atoms with E-state index in [1.54, 1.807) is 7.11 Å². The summed E-state index contributed by atoms with van der Waals surface area (Å²) < 4.78 is 5.36. The second kappa shape index (κ2) is 10.2. The van der Waals surface area contributed by atoms with E-state index in [4.69, 9.17) is 22.1 Å². The van der Waals surface area contributed by atoms with Crippen molar-refractivity contribution in [3.8, 4) is 5.75 Å². The van der Waals surface area contributed by atoms with Crippen LogP contribution < -0.4 is 15.8 Å². The molecule has 162 valence electrons. The molecule has 1 fully saturated rings. The Balaban J connectivity index is 1.48. The molecule has 2 aromatic carbocycles. The van der Waals surface area contributed by atoms with Crippen molar-refractivity contribution in [3.05, 3.63) is 52.5 Å². The summed E-state index contributed by atoms with van der Waals surface area (Å²) in [6.45, 7) is 4.31. The van der Waals surface area contributed by atoms with Gasteiger partial charge in [-0.05, 0) is 86.6 Å². The van der Waals surface area contributed by atoms with Crippen LogP contribution in [0.1, 0.15) is 50.2 Å². The first-order valence-corrected chi connectivity index (χ1v) is 11.2. The number of anilines is 2. The fraction of sp³-hybridized carbons (Fsp3) is 0.480. The lowest BCUT2D eigenvalue weighted by Gasteiger charge is -2.32. The molecule has 30 heavy (non-hydrogen) atoms. The zero-order valence-electron chi connectivity index (χ0n) is 18.2.